The number of rotatable bonds is 17. The lowest BCUT2D eigenvalue weighted by molar-refractivity contribution is 0.0992. The Kier molecular flexibility index (Phi) is 11.5. The average Bonchev–Trinajstić information content (AvgIpc) is 4.03. The van der Waals surface area contributed by atoms with Crippen LogP contribution >= 0.6 is 0 Å². The van der Waals surface area contributed by atoms with Gasteiger partial charge in [-0.1, -0.05) is 12.2 Å². The number of anilines is 2. The number of hydrogen-bond donors (Lipinski definition) is 4. The van der Waals surface area contributed by atoms with Crippen LogP contribution in [0.25, 0.3) is 33.0 Å². The SMILES string of the molecule is CCn1nc(C)cc1C(=O)Nc1nc2cc(C(N)=O)cc(OCCCOC)c2n1C/C=C/Cn1c(NC(=O)c2cc(C)nn2CC)nc2cc(C(N)=O)c3oc(C)cc3c21. The Balaban J connectivity index is 1.31. The van der Waals surface area contributed by atoms with Gasteiger partial charge in [-0.15, -0.1) is 0 Å². The summed E-state index contributed by atoms with van der Waals surface area (Å²) >= 11 is 0. The summed E-state index contributed by atoms with van der Waals surface area (Å²) in [5.41, 5.74) is 16.1. The fourth-order valence-corrected chi connectivity index (χ4v) is 7.17. The van der Waals surface area contributed by atoms with Crippen LogP contribution in [0.1, 0.15) is 79.1 Å². The van der Waals surface area contributed by atoms with Gasteiger partial charge in [-0.25, -0.2) is 9.97 Å². The summed E-state index contributed by atoms with van der Waals surface area (Å²) in [6, 6.07) is 9.83. The molecule has 312 valence electrons. The summed E-state index contributed by atoms with van der Waals surface area (Å²) in [5, 5.41) is 15.3. The molecule has 4 amide bonds. The van der Waals surface area contributed by atoms with E-state index in [4.69, 9.17) is 35.3 Å². The smallest absolute Gasteiger partial charge is 0.276 e. The van der Waals surface area contributed by atoms with Crippen LogP contribution in [0.2, 0.25) is 0 Å². The molecule has 0 fully saturated rings. The predicted octanol–water partition coefficient (Wildman–Crippen LogP) is 4.86. The Bertz CT molecular complexity index is 2840. The second-order valence-corrected chi connectivity index (χ2v) is 14.1. The molecular formula is C41H46N12O7. The maximum atomic E-state index is 13.7. The number of imidazole rings is 2. The molecule has 19 heteroatoms. The van der Waals surface area contributed by atoms with E-state index in [0.717, 1.165) is 0 Å². The number of aromatic nitrogens is 8. The highest BCUT2D eigenvalue weighted by Crippen LogP contribution is 2.34. The highest BCUT2D eigenvalue weighted by Gasteiger charge is 2.24. The molecule has 0 aliphatic rings. The van der Waals surface area contributed by atoms with E-state index < -0.39 is 23.6 Å². The maximum Gasteiger partial charge on any atom is 0.276 e. The summed E-state index contributed by atoms with van der Waals surface area (Å²) < 4.78 is 24.1. The van der Waals surface area contributed by atoms with Crippen molar-refractivity contribution in [3.05, 3.63) is 88.2 Å². The van der Waals surface area contributed by atoms with Gasteiger partial charge in [0, 0.05) is 57.3 Å². The summed E-state index contributed by atoms with van der Waals surface area (Å²) in [6.07, 6.45) is 4.29. The van der Waals surface area contributed by atoms with Gasteiger partial charge in [-0.3, -0.25) is 39.2 Å². The molecule has 5 heterocycles. The predicted molar refractivity (Wildman–Crippen MR) is 223 cm³/mol. The van der Waals surface area contributed by atoms with Gasteiger partial charge in [0.25, 0.3) is 17.7 Å². The molecule has 7 rings (SSSR count). The molecule has 6 N–H and O–H groups in total. The van der Waals surface area contributed by atoms with Gasteiger partial charge in [0.1, 0.15) is 34.0 Å². The maximum absolute atomic E-state index is 13.7. The number of ether oxygens (including phenoxy) is 2. The first kappa shape index (κ1) is 40.9. The van der Waals surface area contributed by atoms with Gasteiger partial charge < -0.3 is 34.5 Å². The van der Waals surface area contributed by atoms with Crippen LogP contribution in [0, 0.1) is 20.8 Å². The number of allylic oxidation sites excluding steroid dienone is 2. The van der Waals surface area contributed by atoms with Crippen molar-refractivity contribution in [1.82, 2.24) is 38.7 Å². The standard InChI is InChI=1S/C41H46N12O7/c1-7-52-30(16-22(3)48-52)38(56)46-40-45-29-21-27(37(43)55)35-26(18-24(5)60-35)33(29)50(40)12-9-10-13-51-34-28(19-25(36(42)54)20-32(34)59-15-11-14-58-6)44-41(51)47-39(57)31-17-23(4)49-53(31)8-2/h9-10,16-21H,7-8,11-15H2,1-6H3,(H2,42,54)(H2,43,55)(H,44,47,57)(H,45,46,56)/b10-9+. The van der Waals surface area contributed by atoms with E-state index in [-0.39, 0.29) is 42.7 Å². The number of carbonyl (C=O) groups is 4. The highest BCUT2D eigenvalue weighted by atomic mass is 16.5. The number of nitrogens with two attached hydrogens (primary N) is 2. The molecule has 0 aliphatic heterocycles. The zero-order valence-corrected chi connectivity index (χ0v) is 34.2. The van der Waals surface area contributed by atoms with Gasteiger partial charge in [0.05, 0.1) is 40.1 Å². The number of primary amides is 2. The molecule has 0 atom stereocenters. The number of benzene rings is 2. The van der Waals surface area contributed by atoms with E-state index in [1.807, 2.05) is 26.0 Å². The molecule has 0 aliphatic carbocycles. The van der Waals surface area contributed by atoms with Gasteiger partial charge >= 0.3 is 0 Å². The third kappa shape index (κ3) is 7.93. The third-order valence-corrected chi connectivity index (χ3v) is 9.80. The Morgan fingerprint density at radius 1 is 0.750 bits per heavy atom. The summed E-state index contributed by atoms with van der Waals surface area (Å²) in [6.45, 7) is 11.2. The molecule has 19 nitrogen and oxygen atoms in total. The molecule has 0 unspecified atom stereocenters. The van der Waals surface area contributed by atoms with Crippen LogP contribution in [0.3, 0.4) is 0 Å². The summed E-state index contributed by atoms with van der Waals surface area (Å²) in [7, 11) is 1.60. The number of hydrogen-bond acceptors (Lipinski definition) is 11. The van der Waals surface area contributed by atoms with Crippen molar-refractivity contribution in [3.8, 4) is 5.75 Å². The molecule has 0 spiro atoms. The van der Waals surface area contributed by atoms with Crippen LogP contribution in [-0.2, 0) is 30.9 Å². The van der Waals surface area contributed by atoms with Crippen LogP contribution in [0.4, 0.5) is 11.9 Å². The quantitative estimate of drug-likeness (QED) is 0.0713. The molecule has 60 heavy (non-hydrogen) atoms. The number of amides is 4. The highest BCUT2D eigenvalue weighted by molar-refractivity contribution is 6.14. The van der Waals surface area contributed by atoms with Gasteiger partial charge in [0.15, 0.2) is 0 Å². The van der Waals surface area contributed by atoms with Gasteiger partial charge in [-0.2, -0.15) is 10.2 Å². The number of carbonyl (C=O) groups excluding carboxylic acids is 4. The number of aryl methyl sites for hydroxylation is 5. The van der Waals surface area contributed by atoms with Gasteiger partial charge in [-0.05, 0) is 71.0 Å². The first-order chi connectivity index (χ1) is 28.8. The van der Waals surface area contributed by atoms with Crippen molar-refractivity contribution >= 4 is 68.6 Å². The molecule has 0 bridgehead atoms. The second kappa shape index (κ2) is 16.9. The van der Waals surface area contributed by atoms with Crippen molar-refractivity contribution in [2.75, 3.05) is 31.0 Å². The van der Waals surface area contributed by atoms with Crippen molar-refractivity contribution in [1.29, 1.82) is 0 Å². The lowest BCUT2D eigenvalue weighted by Gasteiger charge is -2.13. The number of nitrogens with zero attached hydrogens (tertiary/aromatic N) is 8. The Hall–Kier alpha value is -7.28. The van der Waals surface area contributed by atoms with E-state index in [1.54, 1.807) is 82.8 Å². The fourth-order valence-electron chi connectivity index (χ4n) is 7.17. The lowest BCUT2D eigenvalue weighted by Crippen LogP contribution is -2.20. The zero-order chi connectivity index (χ0) is 42.8. The molecule has 0 radical (unpaired) electrons. The van der Waals surface area contributed by atoms with E-state index in [0.29, 0.717) is 93.4 Å². The number of methoxy groups -OCH3 is 1. The fraction of sp³-hybridized carbons (Fsp3) is 0.317. The number of furan rings is 1. The van der Waals surface area contributed by atoms with E-state index in [2.05, 4.69) is 20.8 Å². The summed E-state index contributed by atoms with van der Waals surface area (Å²) in [4.78, 5) is 61.9. The van der Waals surface area contributed by atoms with Crippen molar-refractivity contribution in [2.24, 2.45) is 11.5 Å². The Labute approximate surface area is 343 Å². The monoisotopic (exact) mass is 818 g/mol. The topological polar surface area (TPSA) is 247 Å². The molecule has 0 saturated carbocycles. The van der Waals surface area contributed by atoms with Crippen molar-refractivity contribution in [3.63, 3.8) is 0 Å². The van der Waals surface area contributed by atoms with Crippen molar-refractivity contribution in [2.45, 2.75) is 67.2 Å². The first-order valence-electron chi connectivity index (χ1n) is 19.4. The van der Waals surface area contributed by atoms with Crippen LogP contribution in [0.5, 0.6) is 5.75 Å². The number of fused-ring (bicyclic) bond motifs is 4. The first-order valence-corrected chi connectivity index (χ1v) is 19.4. The molecular weight excluding hydrogens is 773 g/mol. The van der Waals surface area contributed by atoms with E-state index >= 15 is 0 Å². The minimum Gasteiger partial charge on any atom is -0.491 e. The van der Waals surface area contributed by atoms with Crippen LogP contribution < -0.4 is 26.8 Å². The van der Waals surface area contributed by atoms with Crippen molar-refractivity contribution < 1.29 is 33.1 Å². The lowest BCUT2D eigenvalue weighted by atomic mass is 10.1. The average molecular weight is 819 g/mol. The molecule has 5 aromatic heterocycles. The van der Waals surface area contributed by atoms with Gasteiger partial charge in [0.2, 0.25) is 17.8 Å². The third-order valence-electron chi connectivity index (χ3n) is 9.80. The minimum absolute atomic E-state index is 0.154. The Morgan fingerprint density at radius 3 is 1.85 bits per heavy atom. The molecule has 0 saturated heterocycles. The molecule has 7 aromatic rings. The van der Waals surface area contributed by atoms with E-state index in [9.17, 15) is 19.2 Å². The normalized spacial score (nSPS) is 11.7. The van der Waals surface area contributed by atoms with Crippen LogP contribution in [-0.4, -0.2) is 82.6 Å². The zero-order valence-electron chi connectivity index (χ0n) is 34.2. The largest absolute Gasteiger partial charge is 0.491 e. The second-order valence-electron chi connectivity index (χ2n) is 14.1. The number of nitrogens with one attached hydrogen (secondary N) is 2. The van der Waals surface area contributed by atoms with Crippen LogP contribution in [0.15, 0.2) is 53.0 Å². The minimum atomic E-state index is -0.687. The Morgan fingerprint density at radius 2 is 1.32 bits per heavy atom. The van der Waals surface area contributed by atoms with E-state index in [1.165, 1.54) is 0 Å². The molecule has 2 aromatic carbocycles. The summed E-state index contributed by atoms with van der Waals surface area (Å²) in [5.74, 6) is -0.941.